The average Bonchev–Trinajstić information content (AvgIpc) is 2.34. The molecule has 0 radical (unpaired) electrons. The van der Waals surface area contributed by atoms with Crippen LogP contribution in [0.25, 0.3) is 0 Å². The summed E-state index contributed by atoms with van der Waals surface area (Å²) >= 11 is 5.92. The van der Waals surface area contributed by atoms with Gasteiger partial charge in [-0.25, -0.2) is 4.39 Å². The van der Waals surface area contributed by atoms with Crippen LogP contribution in [0.3, 0.4) is 0 Å². The SMILES string of the molecule is CNC1CCCCC1Cc1cc(Cl)ccc1F. The second kappa shape index (κ2) is 5.83. The fraction of sp³-hybridized carbons (Fsp3) is 0.571. The summed E-state index contributed by atoms with van der Waals surface area (Å²) in [6, 6.07) is 5.35. The van der Waals surface area contributed by atoms with Gasteiger partial charge in [0, 0.05) is 11.1 Å². The Hall–Kier alpha value is -0.600. The van der Waals surface area contributed by atoms with Gasteiger partial charge in [0.2, 0.25) is 0 Å². The lowest BCUT2D eigenvalue weighted by Gasteiger charge is -2.31. The third-order valence-corrected chi connectivity index (χ3v) is 4.00. The van der Waals surface area contributed by atoms with E-state index in [0.717, 1.165) is 12.0 Å². The van der Waals surface area contributed by atoms with Crippen molar-refractivity contribution in [2.75, 3.05) is 7.05 Å². The highest BCUT2D eigenvalue weighted by atomic mass is 35.5. The summed E-state index contributed by atoms with van der Waals surface area (Å²) in [5, 5.41) is 3.98. The van der Waals surface area contributed by atoms with Gasteiger partial charge in [0.15, 0.2) is 0 Å². The Bertz CT molecular complexity index is 380. The number of benzene rings is 1. The van der Waals surface area contributed by atoms with Gasteiger partial charge in [-0.15, -0.1) is 0 Å². The summed E-state index contributed by atoms with van der Waals surface area (Å²) in [7, 11) is 2.00. The molecule has 1 N–H and O–H groups in total. The fourth-order valence-corrected chi connectivity index (χ4v) is 3.01. The Balaban J connectivity index is 2.10. The van der Waals surface area contributed by atoms with Gasteiger partial charge in [-0.3, -0.25) is 0 Å². The van der Waals surface area contributed by atoms with Gasteiger partial charge < -0.3 is 5.32 Å². The Labute approximate surface area is 107 Å². The minimum atomic E-state index is -0.130. The minimum absolute atomic E-state index is 0.130. The molecular formula is C14H19ClFN. The highest BCUT2D eigenvalue weighted by Gasteiger charge is 2.24. The lowest BCUT2D eigenvalue weighted by Crippen LogP contribution is -2.37. The maximum atomic E-state index is 13.7. The van der Waals surface area contributed by atoms with Crippen molar-refractivity contribution in [3.8, 4) is 0 Å². The van der Waals surface area contributed by atoms with Gasteiger partial charge >= 0.3 is 0 Å². The number of rotatable bonds is 3. The molecule has 0 amide bonds. The van der Waals surface area contributed by atoms with Crippen LogP contribution in [0.15, 0.2) is 18.2 Å². The summed E-state index contributed by atoms with van der Waals surface area (Å²) in [6.45, 7) is 0. The van der Waals surface area contributed by atoms with Crippen LogP contribution in [0.4, 0.5) is 4.39 Å². The van der Waals surface area contributed by atoms with E-state index in [1.54, 1.807) is 12.1 Å². The molecule has 0 heterocycles. The molecule has 17 heavy (non-hydrogen) atoms. The van der Waals surface area contributed by atoms with Gasteiger partial charge in [0.1, 0.15) is 5.82 Å². The van der Waals surface area contributed by atoms with Crippen LogP contribution in [0.1, 0.15) is 31.2 Å². The van der Waals surface area contributed by atoms with Crippen LogP contribution in [0.5, 0.6) is 0 Å². The quantitative estimate of drug-likeness (QED) is 0.866. The molecule has 0 spiro atoms. The van der Waals surface area contributed by atoms with Gasteiger partial charge in [-0.2, -0.15) is 0 Å². The zero-order valence-corrected chi connectivity index (χ0v) is 10.9. The summed E-state index contributed by atoms with van der Waals surface area (Å²) in [4.78, 5) is 0. The van der Waals surface area contributed by atoms with E-state index in [1.165, 1.54) is 31.7 Å². The van der Waals surface area contributed by atoms with Crippen molar-refractivity contribution in [2.45, 2.75) is 38.1 Å². The molecule has 0 bridgehead atoms. The molecular weight excluding hydrogens is 237 g/mol. The fourth-order valence-electron chi connectivity index (χ4n) is 2.81. The molecule has 1 aliphatic rings. The predicted octanol–water partition coefficient (Wildman–Crippen LogP) is 3.80. The smallest absolute Gasteiger partial charge is 0.126 e. The van der Waals surface area contributed by atoms with E-state index < -0.39 is 0 Å². The van der Waals surface area contributed by atoms with Gasteiger partial charge in [0.25, 0.3) is 0 Å². The van der Waals surface area contributed by atoms with Crippen LogP contribution in [0.2, 0.25) is 5.02 Å². The standard InChI is InChI=1S/C14H19ClFN/c1-17-14-5-3-2-4-10(14)8-11-9-12(15)6-7-13(11)16/h6-7,9-10,14,17H,2-5,8H2,1H3. The van der Waals surface area contributed by atoms with E-state index in [-0.39, 0.29) is 5.82 Å². The summed E-state index contributed by atoms with van der Waals surface area (Å²) in [5.41, 5.74) is 0.754. The van der Waals surface area contributed by atoms with Crippen molar-refractivity contribution in [1.29, 1.82) is 0 Å². The molecule has 1 nitrogen and oxygen atoms in total. The Morgan fingerprint density at radius 2 is 2.12 bits per heavy atom. The Morgan fingerprint density at radius 3 is 2.88 bits per heavy atom. The van der Waals surface area contributed by atoms with Crippen molar-refractivity contribution >= 4 is 11.6 Å². The second-order valence-corrected chi connectivity index (χ2v) is 5.32. The zero-order valence-electron chi connectivity index (χ0n) is 10.2. The number of hydrogen-bond donors (Lipinski definition) is 1. The number of hydrogen-bond acceptors (Lipinski definition) is 1. The normalized spacial score (nSPS) is 24.9. The molecule has 0 aromatic heterocycles. The summed E-state index contributed by atoms with van der Waals surface area (Å²) in [5.74, 6) is 0.400. The number of halogens is 2. The van der Waals surface area contributed by atoms with E-state index in [0.29, 0.717) is 17.0 Å². The lowest BCUT2D eigenvalue weighted by molar-refractivity contribution is 0.271. The van der Waals surface area contributed by atoms with E-state index in [4.69, 9.17) is 11.6 Å². The van der Waals surface area contributed by atoms with Crippen LogP contribution in [-0.4, -0.2) is 13.1 Å². The predicted molar refractivity (Wildman–Crippen MR) is 69.9 cm³/mol. The van der Waals surface area contributed by atoms with E-state index in [2.05, 4.69) is 5.32 Å². The Kier molecular flexibility index (Phi) is 4.41. The van der Waals surface area contributed by atoms with Gasteiger partial charge in [-0.1, -0.05) is 24.4 Å². The van der Waals surface area contributed by atoms with E-state index >= 15 is 0 Å². The van der Waals surface area contributed by atoms with Crippen LogP contribution < -0.4 is 5.32 Å². The van der Waals surface area contributed by atoms with E-state index in [1.807, 2.05) is 7.05 Å². The molecule has 94 valence electrons. The minimum Gasteiger partial charge on any atom is -0.317 e. The summed E-state index contributed by atoms with van der Waals surface area (Å²) < 4.78 is 13.7. The molecule has 3 heteroatoms. The van der Waals surface area contributed by atoms with E-state index in [9.17, 15) is 4.39 Å². The first-order valence-electron chi connectivity index (χ1n) is 6.32. The third kappa shape index (κ3) is 3.20. The maximum Gasteiger partial charge on any atom is 0.126 e. The topological polar surface area (TPSA) is 12.0 Å². The second-order valence-electron chi connectivity index (χ2n) is 4.88. The molecule has 1 aromatic rings. The van der Waals surface area contributed by atoms with Crippen molar-refractivity contribution in [2.24, 2.45) is 5.92 Å². The van der Waals surface area contributed by atoms with Crippen molar-refractivity contribution in [3.63, 3.8) is 0 Å². The summed E-state index contributed by atoms with van der Waals surface area (Å²) in [6.07, 6.45) is 5.70. The van der Waals surface area contributed by atoms with Crippen LogP contribution in [0, 0.1) is 11.7 Å². The molecule has 1 saturated carbocycles. The molecule has 2 atom stereocenters. The molecule has 1 aromatic carbocycles. The first-order valence-corrected chi connectivity index (χ1v) is 6.69. The third-order valence-electron chi connectivity index (χ3n) is 3.77. The zero-order chi connectivity index (χ0) is 12.3. The molecule has 1 fully saturated rings. The molecule has 0 saturated heterocycles. The molecule has 2 unspecified atom stereocenters. The molecule has 0 aliphatic heterocycles. The average molecular weight is 256 g/mol. The first-order chi connectivity index (χ1) is 8.20. The van der Waals surface area contributed by atoms with Crippen LogP contribution in [-0.2, 0) is 6.42 Å². The monoisotopic (exact) mass is 255 g/mol. The van der Waals surface area contributed by atoms with Crippen LogP contribution >= 0.6 is 11.6 Å². The van der Waals surface area contributed by atoms with Crippen molar-refractivity contribution in [3.05, 3.63) is 34.6 Å². The van der Waals surface area contributed by atoms with Crippen molar-refractivity contribution in [1.82, 2.24) is 5.32 Å². The van der Waals surface area contributed by atoms with Gasteiger partial charge in [-0.05, 0) is 56.0 Å². The highest BCUT2D eigenvalue weighted by Crippen LogP contribution is 2.29. The Morgan fingerprint density at radius 1 is 1.35 bits per heavy atom. The first kappa shape index (κ1) is 12.8. The highest BCUT2D eigenvalue weighted by molar-refractivity contribution is 6.30. The largest absolute Gasteiger partial charge is 0.317 e. The lowest BCUT2D eigenvalue weighted by atomic mass is 9.81. The molecule has 2 rings (SSSR count). The molecule has 1 aliphatic carbocycles. The maximum absolute atomic E-state index is 13.7. The van der Waals surface area contributed by atoms with Gasteiger partial charge in [0.05, 0.1) is 0 Å². The number of nitrogens with one attached hydrogen (secondary N) is 1. The van der Waals surface area contributed by atoms with Crippen molar-refractivity contribution < 1.29 is 4.39 Å².